The van der Waals surface area contributed by atoms with Crippen molar-refractivity contribution in [3.05, 3.63) is 11.4 Å². The van der Waals surface area contributed by atoms with Crippen molar-refractivity contribution in [2.45, 2.75) is 52.1 Å². The lowest BCUT2D eigenvalue weighted by Gasteiger charge is -2.29. The number of ether oxygens (including phenoxy) is 1. The summed E-state index contributed by atoms with van der Waals surface area (Å²) >= 11 is 0. The van der Waals surface area contributed by atoms with E-state index in [1.54, 1.807) is 0 Å². The molecule has 1 fully saturated rings. The van der Waals surface area contributed by atoms with Gasteiger partial charge in [-0.25, -0.2) is 9.97 Å². The van der Waals surface area contributed by atoms with Crippen LogP contribution in [0.2, 0.25) is 0 Å². The van der Waals surface area contributed by atoms with Gasteiger partial charge in [0.25, 0.3) is 0 Å². The van der Waals surface area contributed by atoms with Crippen molar-refractivity contribution in [1.29, 1.82) is 0 Å². The number of aromatic nitrogens is 2. The quantitative estimate of drug-likeness (QED) is 0.916. The molecule has 0 aliphatic carbocycles. The molecule has 1 saturated heterocycles. The third-order valence-electron chi connectivity index (χ3n) is 3.80. The smallest absolute Gasteiger partial charge is 0.137 e. The number of nitrogens with two attached hydrogens (primary N) is 1. The van der Waals surface area contributed by atoms with Crippen LogP contribution in [0.15, 0.2) is 0 Å². The highest BCUT2D eigenvalue weighted by atomic mass is 16.5. The first-order chi connectivity index (χ1) is 9.49. The van der Waals surface area contributed by atoms with Crippen LogP contribution in [0.3, 0.4) is 0 Å². The standard InChI is InChI=1S/C15H26N4O/c1-10(2)14-17-13(16)11(3)15(18-14)19(4)9-12-7-5-6-8-20-12/h10,12H,5-9H2,1-4H3,(H2,16,17,18). The minimum Gasteiger partial charge on any atom is -0.383 e. The first-order valence-electron chi connectivity index (χ1n) is 7.45. The van der Waals surface area contributed by atoms with Gasteiger partial charge in [-0.1, -0.05) is 13.8 Å². The molecule has 2 N–H and O–H groups in total. The van der Waals surface area contributed by atoms with E-state index in [0.717, 1.165) is 36.8 Å². The summed E-state index contributed by atoms with van der Waals surface area (Å²) in [7, 11) is 2.05. The fraction of sp³-hybridized carbons (Fsp3) is 0.733. The predicted octanol–water partition coefficient (Wildman–Crippen LogP) is 2.50. The second kappa shape index (κ2) is 6.39. The number of hydrogen-bond donors (Lipinski definition) is 1. The first kappa shape index (κ1) is 15.0. The van der Waals surface area contributed by atoms with E-state index in [2.05, 4.69) is 35.8 Å². The summed E-state index contributed by atoms with van der Waals surface area (Å²) in [6, 6.07) is 0. The molecule has 0 aromatic carbocycles. The van der Waals surface area contributed by atoms with E-state index < -0.39 is 0 Å². The Balaban J connectivity index is 2.17. The van der Waals surface area contributed by atoms with E-state index in [0.29, 0.717) is 11.9 Å². The Hall–Kier alpha value is -1.36. The molecule has 0 spiro atoms. The minimum atomic E-state index is 0.274. The average Bonchev–Trinajstić information content (AvgIpc) is 2.42. The van der Waals surface area contributed by atoms with Crippen LogP contribution in [0, 0.1) is 6.92 Å². The maximum absolute atomic E-state index is 6.02. The van der Waals surface area contributed by atoms with Crippen LogP contribution in [0.1, 0.15) is 50.4 Å². The molecule has 5 nitrogen and oxygen atoms in total. The molecule has 2 rings (SSSR count). The Labute approximate surface area is 121 Å². The monoisotopic (exact) mass is 278 g/mol. The van der Waals surface area contributed by atoms with Crippen molar-refractivity contribution in [2.24, 2.45) is 0 Å². The molecule has 1 atom stereocenters. The third kappa shape index (κ3) is 3.39. The van der Waals surface area contributed by atoms with Gasteiger partial charge in [-0.2, -0.15) is 0 Å². The Morgan fingerprint density at radius 2 is 2.10 bits per heavy atom. The fourth-order valence-electron chi connectivity index (χ4n) is 2.51. The molecule has 0 saturated carbocycles. The second-order valence-corrected chi connectivity index (χ2v) is 5.94. The van der Waals surface area contributed by atoms with Crippen molar-refractivity contribution in [3.63, 3.8) is 0 Å². The van der Waals surface area contributed by atoms with Crippen LogP contribution in [0.4, 0.5) is 11.6 Å². The number of likely N-dealkylation sites (N-methyl/N-ethyl adjacent to an activating group) is 1. The van der Waals surface area contributed by atoms with Gasteiger partial charge in [0, 0.05) is 31.7 Å². The molecule has 0 amide bonds. The molecular weight excluding hydrogens is 252 g/mol. The summed E-state index contributed by atoms with van der Waals surface area (Å²) in [5.41, 5.74) is 6.97. The summed E-state index contributed by atoms with van der Waals surface area (Å²) in [4.78, 5) is 11.2. The van der Waals surface area contributed by atoms with Gasteiger partial charge in [0.2, 0.25) is 0 Å². The van der Waals surface area contributed by atoms with Crippen molar-refractivity contribution >= 4 is 11.6 Å². The molecule has 2 heterocycles. The molecular formula is C15H26N4O. The Kier molecular flexibility index (Phi) is 4.81. The SMILES string of the molecule is Cc1c(N)nc(C(C)C)nc1N(C)CC1CCCCO1. The number of nitrogen functional groups attached to an aromatic ring is 1. The van der Waals surface area contributed by atoms with Gasteiger partial charge in [0.15, 0.2) is 0 Å². The zero-order valence-electron chi connectivity index (χ0n) is 13.0. The summed E-state index contributed by atoms with van der Waals surface area (Å²) in [6.45, 7) is 7.87. The highest BCUT2D eigenvalue weighted by Gasteiger charge is 2.19. The van der Waals surface area contributed by atoms with Crippen LogP contribution < -0.4 is 10.6 Å². The lowest BCUT2D eigenvalue weighted by Crippen LogP contribution is -2.34. The molecule has 5 heteroatoms. The Morgan fingerprint density at radius 1 is 1.35 bits per heavy atom. The summed E-state index contributed by atoms with van der Waals surface area (Å²) < 4.78 is 5.80. The van der Waals surface area contributed by atoms with Gasteiger partial charge in [-0.15, -0.1) is 0 Å². The zero-order chi connectivity index (χ0) is 14.7. The van der Waals surface area contributed by atoms with Crippen molar-refractivity contribution in [2.75, 3.05) is 30.8 Å². The third-order valence-corrected chi connectivity index (χ3v) is 3.80. The number of nitrogens with zero attached hydrogens (tertiary/aromatic N) is 3. The molecule has 112 valence electrons. The Morgan fingerprint density at radius 3 is 2.70 bits per heavy atom. The maximum Gasteiger partial charge on any atom is 0.137 e. The number of anilines is 2. The van der Waals surface area contributed by atoms with Crippen LogP contribution in [0.5, 0.6) is 0 Å². The molecule has 1 unspecified atom stereocenters. The van der Waals surface area contributed by atoms with E-state index >= 15 is 0 Å². The lowest BCUT2D eigenvalue weighted by atomic mass is 10.1. The maximum atomic E-state index is 6.02. The molecule has 1 aliphatic rings. The van der Waals surface area contributed by atoms with Gasteiger partial charge in [0.05, 0.1) is 6.10 Å². The second-order valence-electron chi connectivity index (χ2n) is 5.94. The largest absolute Gasteiger partial charge is 0.383 e. The van der Waals surface area contributed by atoms with Crippen molar-refractivity contribution in [1.82, 2.24) is 9.97 Å². The lowest BCUT2D eigenvalue weighted by molar-refractivity contribution is 0.0215. The number of rotatable bonds is 4. The first-order valence-corrected chi connectivity index (χ1v) is 7.45. The Bertz CT molecular complexity index is 455. The highest BCUT2D eigenvalue weighted by molar-refractivity contribution is 5.56. The van der Waals surface area contributed by atoms with Gasteiger partial charge in [-0.05, 0) is 26.2 Å². The average molecular weight is 278 g/mol. The van der Waals surface area contributed by atoms with Crippen LogP contribution in [0.25, 0.3) is 0 Å². The van der Waals surface area contributed by atoms with Crippen molar-refractivity contribution in [3.8, 4) is 0 Å². The molecule has 1 aromatic rings. The minimum absolute atomic E-state index is 0.274. The number of hydrogen-bond acceptors (Lipinski definition) is 5. The van der Waals surface area contributed by atoms with E-state index in [4.69, 9.17) is 10.5 Å². The van der Waals surface area contributed by atoms with E-state index in [1.807, 2.05) is 6.92 Å². The van der Waals surface area contributed by atoms with Gasteiger partial charge in [0.1, 0.15) is 17.5 Å². The van der Waals surface area contributed by atoms with E-state index in [1.165, 1.54) is 12.8 Å². The van der Waals surface area contributed by atoms with Gasteiger partial charge < -0.3 is 15.4 Å². The summed E-state index contributed by atoms with van der Waals surface area (Å²) in [5.74, 6) is 2.58. The van der Waals surface area contributed by atoms with Crippen LogP contribution in [-0.4, -0.2) is 36.3 Å². The fourth-order valence-corrected chi connectivity index (χ4v) is 2.51. The molecule has 20 heavy (non-hydrogen) atoms. The summed E-state index contributed by atoms with van der Waals surface area (Å²) in [5, 5.41) is 0. The van der Waals surface area contributed by atoms with Crippen LogP contribution in [-0.2, 0) is 4.74 Å². The topological polar surface area (TPSA) is 64.3 Å². The molecule has 1 aliphatic heterocycles. The van der Waals surface area contributed by atoms with E-state index in [-0.39, 0.29) is 5.92 Å². The van der Waals surface area contributed by atoms with Gasteiger partial charge in [-0.3, -0.25) is 0 Å². The normalized spacial score (nSPS) is 19.4. The molecule has 0 radical (unpaired) electrons. The van der Waals surface area contributed by atoms with Gasteiger partial charge >= 0.3 is 0 Å². The highest BCUT2D eigenvalue weighted by Crippen LogP contribution is 2.24. The summed E-state index contributed by atoms with van der Waals surface area (Å²) in [6.07, 6.45) is 3.85. The van der Waals surface area contributed by atoms with E-state index in [9.17, 15) is 0 Å². The molecule has 0 bridgehead atoms. The zero-order valence-corrected chi connectivity index (χ0v) is 13.0. The predicted molar refractivity (Wildman–Crippen MR) is 82.1 cm³/mol. The van der Waals surface area contributed by atoms with Crippen LogP contribution >= 0.6 is 0 Å². The van der Waals surface area contributed by atoms with Crippen molar-refractivity contribution < 1.29 is 4.74 Å². The molecule has 1 aromatic heterocycles.